The summed E-state index contributed by atoms with van der Waals surface area (Å²) in [6.45, 7) is 10.6. The number of amides is 2. The van der Waals surface area contributed by atoms with Crippen molar-refractivity contribution >= 4 is 12.0 Å². The second kappa shape index (κ2) is 7.53. The summed E-state index contributed by atoms with van der Waals surface area (Å²) in [5.74, 6) is 0.940. The molecular formula is C26H38N2O3. The van der Waals surface area contributed by atoms with E-state index in [0.29, 0.717) is 11.3 Å². The standard InChI is InChI=1S/C26H38N2O3/c1-24(2,3)21-9-7-8-18(12-21)19-15-26(16-19)10-11-28(17-26)22(29)20-13-25(4,14-20)27(5)23(30)31-6/h7-9,12,19-20H,10-11,13-17H2,1-6H3. The zero-order chi connectivity index (χ0) is 22.6. The van der Waals surface area contributed by atoms with Gasteiger partial charge in [-0.25, -0.2) is 4.79 Å². The maximum Gasteiger partial charge on any atom is 0.409 e. The third-order valence-corrected chi connectivity index (χ3v) is 8.31. The molecule has 0 radical (unpaired) electrons. The Kier molecular flexibility index (Phi) is 5.38. The van der Waals surface area contributed by atoms with E-state index >= 15 is 0 Å². The Morgan fingerprint density at radius 2 is 1.84 bits per heavy atom. The summed E-state index contributed by atoms with van der Waals surface area (Å²) in [6, 6.07) is 9.10. The maximum atomic E-state index is 13.1. The number of rotatable bonds is 3. The van der Waals surface area contributed by atoms with Crippen LogP contribution in [0.1, 0.15) is 76.8 Å². The molecule has 2 saturated carbocycles. The summed E-state index contributed by atoms with van der Waals surface area (Å²) < 4.78 is 4.84. The summed E-state index contributed by atoms with van der Waals surface area (Å²) in [6.07, 6.45) is 4.63. The maximum absolute atomic E-state index is 13.1. The molecule has 31 heavy (non-hydrogen) atoms. The molecule has 1 aromatic carbocycles. The van der Waals surface area contributed by atoms with Gasteiger partial charge in [-0.3, -0.25) is 4.79 Å². The molecule has 0 N–H and O–H groups in total. The van der Waals surface area contributed by atoms with Crippen LogP contribution in [0.25, 0.3) is 0 Å². The lowest BCUT2D eigenvalue weighted by Gasteiger charge is -2.50. The lowest BCUT2D eigenvalue weighted by molar-refractivity contribution is -0.143. The minimum Gasteiger partial charge on any atom is -0.453 e. The summed E-state index contributed by atoms with van der Waals surface area (Å²) in [7, 11) is 3.17. The van der Waals surface area contributed by atoms with Crippen LogP contribution in [0.4, 0.5) is 4.79 Å². The molecule has 0 bridgehead atoms. The smallest absolute Gasteiger partial charge is 0.409 e. The molecule has 1 saturated heterocycles. The van der Waals surface area contributed by atoms with Crippen molar-refractivity contribution in [2.24, 2.45) is 11.3 Å². The molecular weight excluding hydrogens is 388 g/mol. The van der Waals surface area contributed by atoms with Crippen LogP contribution in [0.2, 0.25) is 0 Å². The molecule has 5 heteroatoms. The number of carbonyl (C=O) groups excluding carboxylic acids is 2. The van der Waals surface area contributed by atoms with Gasteiger partial charge in [0.2, 0.25) is 5.91 Å². The summed E-state index contributed by atoms with van der Waals surface area (Å²) >= 11 is 0. The lowest BCUT2D eigenvalue weighted by Crippen LogP contribution is -2.59. The molecule has 2 amide bonds. The first-order chi connectivity index (χ1) is 14.5. The first-order valence-corrected chi connectivity index (χ1v) is 11.7. The first-order valence-electron chi connectivity index (χ1n) is 11.7. The van der Waals surface area contributed by atoms with Gasteiger partial charge in [0.25, 0.3) is 0 Å². The Bertz CT molecular complexity index is 860. The molecule has 1 aliphatic heterocycles. The SMILES string of the molecule is COC(=O)N(C)C1(C)CC(C(=O)N2CCC3(CC(c4cccc(C(C)(C)C)c4)C3)C2)C1. The van der Waals surface area contributed by atoms with Crippen LogP contribution in [0.5, 0.6) is 0 Å². The van der Waals surface area contributed by atoms with Crippen LogP contribution < -0.4 is 0 Å². The predicted molar refractivity (Wildman–Crippen MR) is 122 cm³/mol. The second-order valence-electron chi connectivity index (χ2n) is 11.6. The van der Waals surface area contributed by atoms with E-state index in [-0.39, 0.29) is 28.9 Å². The zero-order valence-electron chi connectivity index (χ0n) is 20.0. The van der Waals surface area contributed by atoms with E-state index in [9.17, 15) is 9.59 Å². The van der Waals surface area contributed by atoms with Gasteiger partial charge >= 0.3 is 6.09 Å². The molecule has 2 aliphatic carbocycles. The summed E-state index contributed by atoms with van der Waals surface area (Å²) in [5.41, 5.74) is 3.08. The number of nitrogens with zero attached hydrogens (tertiary/aromatic N) is 2. The average Bonchev–Trinajstić information content (AvgIpc) is 3.14. The largest absolute Gasteiger partial charge is 0.453 e. The fourth-order valence-corrected chi connectivity index (χ4v) is 6.00. The molecule has 0 atom stereocenters. The Balaban J connectivity index is 1.31. The van der Waals surface area contributed by atoms with Crippen molar-refractivity contribution in [3.05, 3.63) is 35.4 Å². The molecule has 5 nitrogen and oxygen atoms in total. The Morgan fingerprint density at radius 1 is 1.16 bits per heavy atom. The molecule has 0 unspecified atom stereocenters. The van der Waals surface area contributed by atoms with Crippen LogP contribution in [0.15, 0.2) is 24.3 Å². The topological polar surface area (TPSA) is 49.9 Å². The van der Waals surface area contributed by atoms with Crippen LogP contribution >= 0.6 is 0 Å². The van der Waals surface area contributed by atoms with Crippen LogP contribution in [0.3, 0.4) is 0 Å². The molecule has 1 aromatic rings. The van der Waals surface area contributed by atoms with Gasteiger partial charge in [0.15, 0.2) is 0 Å². The highest BCUT2D eigenvalue weighted by Crippen LogP contribution is 2.56. The van der Waals surface area contributed by atoms with Crippen molar-refractivity contribution in [2.45, 2.75) is 76.7 Å². The number of hydrogen-bond donors (Lipinski definition) is 0. The van der Waals surface area contributed by atoms with E-state index in [1.165, 1.54) is 31.1 Å². The van der Waals surface area contributed by atoms with E-state index in [1.54, 1.807) is 11.9 Å². The number of carbonyl (C=O) groups is 2. The van der Waals surface area contributed by atoms with Crippen molar-refractivity contribution in [3.63, 3.8) is 0 Å². The molecule has 4 rings (SSSR count). The van der Waals surface area contributed by atoms with Crippen molar-refractivity contribution in [2.75, 3.05) is 27.2 Å². The van der Waals surface area contributed by atoms with Gasteiger partial charge in [-0.1, -0.05) is 45.0 Å². The van der Waals surface area contributed by atoms with Crippen molar-refractivity contribution in [1.29, 1.82) is 0 Å². The first kappa shape index (κ1) is 22.2. The monoisotopic (exact) mass is 426 g/mol. The van der Waals surface area contributed by atoms with Gasteiger partial charge in [-0.15, -0.1) is 0 Å². The van der Waals surface area contributed by atoms with E-state index in [0.717, 1.165) is 32.4 Å². The van der Waals surface area contributed by atoms with Crippen LogP contribution in [0, 0.1) is 11.3 Å². The minimum absolute atomic E-state index is 0.0339. The zero-order valence-corrected chi connectivity index (χ0v) is 20.0. The number of ether oxygens (including phenoxy) is 1. The van der Waals surface area contributed by atoms with Crippen molar-refractivity contribution in [3.8, 4) is 0 Å². The van der Waals surface area contributed by atoms with Gasteiger partial charge in [-0.2, -0.15) is 0 Å². The highest BCUT2D eigenvalue weighted by molar-refractivity contribution is 5.81. The number of likely N-dealkylation sites (tertiary alicyclic amines) is 1. The van der Waals surface area contributed by atoms with Crippen molar-refractivity contribution in [1.82, 2.24) is 9.80 Å². The quantitative estimate of drug-likeness (QED) is 0.687. The Hall–Kier alpha value is -2.04. The number of methoxy groups -OCH3 is 1. The molecule has 3 fully saturated rings. The Morgan fingerprint density at radius 3 is 2.45 bits per heavy atom. The molecule has 1 heterocycles. The highest BCUT2D eigenvalue weighted by Gasteiger charge is 2.53. The fourth-order valence-electron chi connectivity index (χ4n) is 6.00. The van der Waals surface area contributed by atoms with Crippen molar-refractivity contribution < 1.29 is 14.3 Å². The van der Waals surface area contributed by atoms with Gasteiger partial charge in [0, 0.05) is 31.6 Å². The number of hydrogen-bond acceptors (Lipinski definition) is 3. The van der Waals surface area contributed by atoms with Gasteiger partial charge in [0.1, 0.15) is 0 Å². The average molecular weight is 427 g/mol. The van der Waals surface area contributed by atoms with E-state index in [4.69, 9.17) is 4.74 Å². The fraction of sp³-hybridized carbons (Fsp3) is 0.692. The minimum atomic E-state index is -0.329. The highest BCUT2D eigenvalue weighted by atomic mass is 16.5. The molecule has 0 aromatic heterocycles. The second-order valence-corrected chi connectivity index (χ2v) is 11.6. The lowest BCUT2D eigenvalue weighted by atomic mass is 9.59. The molecule has 3 aliphatic rings. The van der Waals surface area contributed by atoms with Gasteiger partial charge < -0.3 is 14.5 Å². The summed E-state index contributed by atoms with van der Waals surface area (Å²) in [5, 5.41) is 0. The predicted octanol–water partition coefficient (Wildman–Crippen LogP) is 4.95. The van der Waals surface area contributed by atoms with E-state index < -0.39 is 0 Å². The third kappa shape index (κ3) is 3.96. The van der Waals surface area contributed by atoms with Gasteiger partial charge in [-0.05, 0) is 66.9 Å². The third-order valence-electron chi connectivity index (χ3n) is 8.31. The molecule has 170 valence electrons. The van der Waals surface area contributed by atoms with Crippen LogP contribution in [-0.4, -0.2) is 54.6 Å². The van der Waals surface area contributed by atoms with Crippen LogP contribution in [-0.2, 0) is 14.9 Å². The number of benzene rings is 1. The van der Waals surface area contributed by atoms with E-state index in [2.05, 4.69) is 49.9 Å². The molecule has 1 spiro atoms. The van der Waals surface area contributed by atoms with E-state index in [1.807, 2.05) is 6.92 Å². The van der Waals surface area contributed by atoms with Gasteiger partial charge in [0.05, 0.1) is 7.11 Å². The summed E-state index contributed by atoms with van der Waals surface area (Å²) in [4.78, 5) is 28.7. The Labute approximate surface area is 187 Å². The normalized spacial score (nSPS) is 32.4.